The Bertz CT molecular complexity index is 1150. The number of alkyl halides is 3. The number of β-amino-alcohol motifs (C(OH)–C–C–N with tert-alkyl or cyclic N) is 1. The van der Waals surface area contributed by atoms with Crippen LogP contribution in [0.3, 0.4) is 0 Å². The van der Waals surface area contributed by atoms with Gasteiger partial charge in [0, 0.05) is 44.4 Å². The molecule has 4 rings (SSSR count). The van der Waals surface area contributed by atoms with Crippen LogP contribution in [0.1, 0.15) is 15.4 Å². The molecule has 1 aliphatic rings. The van der Waals surface area contributed by atoms with E-state index < -0.39 is 18.4 Å². The molecular weight excluding hydrogens is 485 g/mol. The van der Waals surface area contributed by atoms with Crippen LogP contribution in [0.5, 0.6) is 11.5 Å². The number of carbonyl (C=O) groups is 1. The molecule has 1 atom stereocenters. The zero-order chi connectivity index (χ0) is 25.0. The van der Waals surface area contributed by atoms with Crippen molar-refractivity contribution in [3.8, 4) is 11.5 Å². The quantitative estimate of drug-likeness (QED) is 0.481. The summed E-state index contributed by atoms with van der Waals surface area (Å²) in [5.41, 5.74) is 3.85. The van der Waals surface area contributed by atoms with Crippen LogP contribution >= 0.6 is 11.3 Å². The SMILES string of the molecule is Cc1nc2cc(OC[C@H](O)CN3CCN(NC(=O)c4ccc(OC(F)(F)F)cc4)CC3)ccc2s1. The number of rotatable bonds is 8. The summed E-state index contributed by atoms with van der Waals surface area (Å²) in [4.78, 5) is 18.9. The molecular formula is C23H25F3N4O4S. The molecule has 1 fully saturated rings. The van der Waals surface area contributed by atoms with Gasteiger partial charge >= 0.3 is 6.36 Å². The Morgan fingerprint density at radius 2 is 1.83 bits per heavy atom. The number of aryl methyl sites for hydroxylation is 1. The van der Waals surface area contributed by atoms with Crippen molar-refractivity contribution in [3.05, 3.63) is 53.0 Å². The van der Waals surface area contributed by atoms with Crippen LogP contribution in [-0.2, 0) is 0 Å². The second-order valence-electron chi connectivity index (χ2n) is 8.13. The molecule has 0 saturated carbocycles. The lowest BCUT2D eigenvalue weighted by molar-refractivity contribution is -0.274. The molecule has 2 N–H and O–H groups in total. The molecule has 1 saturated heterocycles. The fourth-order valence-electron chi connectivity index (χ4n) is 3.71. The van der Waals surface area contributed by atoms with Gasteiger partial charge in [-0.2, -0.15) is 0 Å². The van der Waals surface area contributed by atoms with E-state index in [2.05, 4.69) is 20.0 Å². The second kappa shape index (κ2) is 10.8. The van der Waals surface area contributed by atoms with E-state index in [1.807, 2.05) is 25.1 Å². The smallest absolute Gasteiger partial charge is 0.491 e. The number of nitrogens with zero attached hydrogens (tertiary/aromatic N) is 3. The van der Waals surface area contributed by atoms with Crippen LogP contribution in [0.4, 0.5) is 13.2 Å². The number of aliphatic hydroxyl groups is 1. The Kier molecular flexibility index (Phi) is 7.75. The summed E-state index contributed by atoms with van der Waals surface area (Å²) in [7, 11) is 0. The fraction of sp³-hybridized carbons (Fsp3) is 0.391. The molecule has 12 heteroatoms. The third kappa shape index (κ3) is 7.28. The summed E-state index contributed by atoms with van der Waals surface area (Å²) < 4.78 is 47.4. The number of hydrogen-bond acceptors (Lipinski definition) is 8. The normalized spacial score (nSPS) is 16.3. The number of hydrazine groups is 1. The number of halogens is 3. The van der Waals surface area contributed by atoms with E-state index in [4.69, 9.17) is 4.74 Å². The highest BCUT2D eigenvalue weighted by atomic mass is 32.1. The molecule has 1 amide bonds. The Morgan fingerprint density at radius 3 is 2.51 bits per heavy atom. The lowest BCUT2D eigenvalue weighted by Crippen LogP contribution is -2.54. The average Bonchev–Trinajstić information content (AvgIpc) is 3.17. The van der Waals surface area contributed by atoms with E-state index in [1.54, 1.807) is 16.3 Å². The molecule has 0 radical (unpaired) electrons. The Labute approximate surface area is 203 Å². The number of piperazine rings is 1. The summed E-state index contributed by atoms with van der Waals surface area (Å²) in [6.45, 7) is 4.86. The van der Waals surface area contributed by atoms with Gasteiger partial charge < -0.3 is 14.6 Å². The molecule has 0 bridgehead atoms. The number of nitrogens with one attached hydrogen (secondary N) is 1. The highest BCUT2D eigenvalue weighted by Crippen LogP contribution is 2.26. The van der Waals surface area contributed by atoms with Gasteiger partial charge in [0.1, 0.15) is 24.2 Å². The van der Waals surface area contributed by atoms with Gasteiger partial charge in [-0.1, -0.05) is 0 Å². The summed E-state index contributed by atoms with van der Waals surface area (Å²) in [6.07, 6.45) is -5.46. The maximum atomic E-state index is 12.4. The molecule has 2 heterocycles. The van der Waals surface area contributed by atoms with Gasteiger partial charge in [0.05, 0.1) is 15.2 Å². The molecule has 0 unspecified atom stereocenters. The van der Waals surface area contributed by atoms with Gasteiger partial charge in [-0.25, -0.2) is 9.99 Å². The standard InChI is InChI=1S/C23H25F3N4O4S/c1-15-27-20-12-19(6-7-21(20)35-15)33-14-17(31)13-29-8-10-30(11-9-29)28-22(32)16-2-4-18(5-3-16)34-23(24,25)26/h2-7,12,17,31H,8-11,13-14H2,1H3,(H,28,32)/t17-/m1/s1. The minimum Gasteiger partial charge on any atom is -0.491 e. The maximum absolute atomic E-state index is 12.4. The number of amides is 1. The number of carbonyl (C=O) groups excluding carboxylic acids is 1. The Hall–Kier alpha value is -2.93. The van der Waals surface area contributed by atoms with E-state index in [9.17, 15) is 23.1 Å². The molecule has 3 aromatic rings. The molecule has 0 spiro atoms. The monoisotopic (exact) mass is 510 g/mol. The third-order valence-electron chi connectivity index (χ3n) is 5.36. The molecule has 1 aromatic heterocycles. The molecule has 1 aliphatic heterocycles. The van der Waals surface area contributed by atoms with Crippen molar-refractivity contribution in [2.24, 2.45) is 0 Å². The van der Waals surface area contributed by atoms with Crippen molar-refractivity contribution in [1.82, 2.24) is 20.3 Å². The maximum Gasteiger partial charge on any atom is 0.573 e. The first-order chi connectivity index (χ1) is 16.6. The van der Waals surface area contributed by atoms with Crippen molar-refractivity contribution in [2.75, 3.05) is 39.3 Å². The second-order valence-corrected chi connectivity index (χ2v) is 9.36. The summed E-state index contributed by atoms with van der Waals surface area (Å²) in [5.74, 6) is -0.144. The predicted molar refractivity (Wildman–Crippen MR) is 124 cm³/mol. The van der Waals surface area contributed by atoms with E-state index in [1.165, 1.54) is 12.1 Å². The number of aromatic nitrogens is 1. The highest BCUT2D eigenvalue weighted by molar-refractivity contribution is 7.18. The van der Waals surface area contributed by atoms with Crippen molar-refractivity contribution in [3.63, 3.8) is 0 Å². The van der Waals surface area contributed by atoms with Crippen LogP contribution in [0.2, 0.25) is 0 Å². The summed E-state index contributed by atoms with van der Waals surface area (Å²) >= 11 is 1.62. The molecule has 35 heavy (non-hydrogen) atoms. The Balaban J connectivity index is 1.18. The van der Waals surface area contributed by atoms with Crippen LogP contribution in [0, 0.1) is 6.92 Å². The minimum absolute atomic E-state index is 0.152. The number of aliphatic hydroxyl groups excluding tert-OH is 1. The molecule has 8 nitrogen and oxygen atoms in total. The lowest BCUT2D eigenvalue weighted by atomic mass is 10.2. The zero-order valence-corrected chi connectivity index (χ0v) is 19.7. The van der Waals surface area contributed by atoms with E-state index in [-0.39, 0.29) is 17.9 Å². The molecule has 0 aliphatic carbocycles. The first-order valence-electron chi connectivity index (χ1n) is 11.0. The van der Waals surface area contributed by atoms with Gasteiger partial charge in [0.25, 0.3) is 5.91 Å². The van der Waals surface area contributed by atoms with Crippen LogP contribution in [-0.4, -0.2) is 77.7 Å². The van der Waals surface area contributed by atoms with Gasteiger partial charge in [-0.05, 0) is 43.3 Å². The van der Waals surface area contributed by atoms with Crippen molar-refractivity contribution >= 4 is 27.5 Å². The number of hydrogen-bond donors (Lipinski definition) is 2. The first kappa shape index (κ1) is 25.2. The van der Waals surface area contributed by atoms with Crippen molar-refractivity contribution < 1.29 is 32.5 Å². The molecule has 188 valence electrons. The summed E-state index contributed by atoms with van der Waals surface area (Å²) in [6, 6.07) is 10.4. The van der Waals surface area contributed by atoms with Crippen LogP contribution < -0.4 is 14.9 Å². The van der Waals surface area contributed by atoms with Gasteiger partial charge in [-0.15, -0.1) is 24.5 Å². The Morgan fingerprint density at radius 1 is 1.14 bits per heavy atom. The first-order valence-corrected chi connectivity index (χ1v) is 11.8. The minimum atomic E-state index is -4.78. The topological polar surface area (TPSA) is 87.2 Å². The van der Waals surface area contributed by atoms with Crippen LogP contribution in [0.25, 0.3) is 10.2 Å². The van der Waals surface area contributed by atoms with Crippen molar-refractivity contribution in [2.45, 2.75) is 19.4 Å². The number of thiazole rings is 1. The summed E-state index contributed by atoms with van der Waals surface area (Å²) in [5, 5.41) is 13.1. The number of ether oxygens (including phenoxy) is 2. The predicted octanol–water partition coefficient (Wildman–Crippen LogP) is 3.21. The average molecular weight is 511 g/mol. The third-order valence-corrected chi connectivity index (χ3v) is 6.31. The zero-order valence-electron chi connectivity index (χ0n) is 18.9. The number of fused-ring (bicyclic) bond motifs is 1. The fourth-order valence-corrected chi connectivity index (χ4v) is 4.52. The van der Waals surface area contributed by atoms with Gasteiger partial charge in [0.2, 0.25) is 0 Å². The highest BCUT2D eigenvalue weighted by Gasteiger charge is 2.31. The van der Waals surface area contributed by atoms with Gasteiger partial charge in [0.15, 0.2) is 0 Å². The van der Waals surface area contributed by atoms with Crippen molar-refractivity contribution in [1.29, 1.82) is 0 Å². The number of benzene rings is 2. The largest absolute Gasteiger partial charge is 0.573 e. The molecule has 2 aromatic carbocycles. The van der Waals surface area contributed by atoms with E-state index in [0.29, 0.717) is 38.5 Å². The van der Waals surface area contributed by atoms with E-state index in [0.717, 1.165) is 27.4 Å². The van der Waals surface area contributed by atoms with Gasteiger partial charge in [-0.3, -0.25) is 15.1 Å². The van der Waals surface area contributed by atoms with Crippen LogP contribution in [0.15, 0.2) is 42.5 Å². The van der Waals surface area contributed by atoms with E-state index >= 15 is 0 Å². The lowest BCUT2D eigenvalue weighted by Gasteiger charge is -2.35.